The molecule has 0 aliphatic rings. The van der Waals surface area contributed by atoms with Crippen molar-refractivity contribution in [3.05, 3.63) is 0 Å². The van der Waals surface area contributed by atoms with Crippen LogP contribution in [-0.4, -0.2) is 45.6 Å². The van der Waals surface area contributed by atoms with Crippen molar-refractivity contribution in [1.82, 2.24) is 0 Å². The first-order chi connectivity index (χ1) is 23.5. The number of carboxylic acids is 2. The molecule has 0 aromatic heterocycles. The second-order valence-electron chi connectivity index (χ2n) is 14.0. The number of carbonyl (C=O) groups is 2. The van der Waals surface area contributed by atoms with E-state index in [2.05, 4.69) is 13.8 Å². The Kier molecular flexibility index (Phi) is 53.6. The Morgan fingerprint density at radius 2 is 0.458 bits per heavy atom. The minimum atomic E-state index is -0.653. The fraction of sp³-hybridized carbons (Fsp3) is 0.952. The lowest BCUT2D eigenvalue weighted by Crippen LogP contribution is -1.93. The Morgan fingerprint density at radius 3 is 0.625 bits per heavy atom. The van der Waals surface area contributed by atoms with Crippen molar-refractivity contribution in [2.24, 2.45) is 0 Å². The van der Waals surface area contributed by atoms with Crippen molar-refractivity contribution in [1.29, 1.82) is 0 Å². The van der Waals surface area contributed by atoms with Gasteiger partial charge in [-0.2, -0.15) is 0 Å². The van der Waals surface area contributed by atoms with Crippen molar-refractivity contribution in [2.75, 3.05) is 13.2 Å². The van der Waals surface area contributed by atoms with Crippen LogP contribution in [0.5, 0.6) is 0 Å². The third kappa shape index (κ3) is 60.2. The summed E-state index contributed by atoms with van der Waals surface area (Å²) in [5.74, 6) is -1.31. The maximum atomic E-state index is 10.3. The Labute approximate surface area is 299 Å². The standard InChI is InChI=1S/2C18H36O2.C6H14O2/c2*1-2-3-4-5-6-7-8-9-10-11-12-13-14-15-16-17-18(19)20;7-5-3-1-2-4-6-8/h2*2-17H2,1H3,(H,19,20);7-8H,1-6H2. The van der Waals surface area contributed by atoms with Gasteiger partial charge in [-0.1, -0.05) is 206 Å². The summed E-state index contributed by atoms with van der Waals surface area (Å²) in [6.45, 7) is 5.11. The zero-order valence-corrected chi connectivity index (χ0v) is 32.5. The third-order valence-electron chi connectivity index (χ3n) is 9.05. The van der Waals surface area contributed by atoms with Crippen LogP contribution >= 0.6 is 0 Å². The molecule has 0 radical (unpaired) electrons. The molecule has 0 aliphatic carbocycles. The zero-order chi connectivity index (χ0) is 36.0. The normalized spacial score (nSPS) is 10.7. The Balaban J connectivity index is -0.000000689. The number of hydrogen-bond donors (Lipinski definition) is 4. The van der Waals surface area contributed by atoms with E-state index in [-0.39, 0.29) is 13.2 Å². The summed E-state index contributed by atoms with van der Waals surface area (Å²) in [6, 6.07) is 0. The molecule has 290 valence electrons. The molecule has 0 rings (SSSR count). The molecule has 0 aliphatic heterocycles. The van der Waals surface area contributed by atoms with Crippen molar-refractivity contribution in [2.45, 2.75) is 245 Å². The van der Waals surface area contributed by atoms with Crippen LogP contribution < -0.4 is 0 Å². The first-order valence-electron chi connectivity index (χ1n) is 21.1. The van der Waals surface area contributed by atoms with Gasteiger partial charge in [0.1, 0.15) is 0 Å². The fourth-order valence-electron chi connectivity index (χ4n) is 5.87. The lowest BCUT2D eigenvalue weighted by atomic mass is 10.0. The van der Waals surface area contributed by atoms with E-state index in [1.54, 1.807) is 0 Å². The van der Waals surface area contributed by atoms with E-state index >= 15 is 0 Å². The molecule has 0 spiro atoms. The third-order valence-corrected chi connectivity index (χ3v) is 9.05. The molecular formula is C42H86O6. The first-order valence-corrected chi connectivity index (χ1v) is 21.1. The maximum Gasteiger partial charge on any atom is 0.303 e. The molecule has 48 heavy (non-hydrogen) atoms. The van der Waals surface area contributed by atoms with Gasteiger partial charge < -0.3 is 20.4 Å². The molecule has 0 heterocycles. The average molecular weight is 687 g/mol. The summed E-state index contributed by atoms with van der Waals surface area (Å²) >= 11 is 0. The topological polar surface area (TPSA) is 115 Å². The highest BCUT2D eigenvalue weighted by Gasteiger charge is 1.98. The predicted molar refractivity (Wildman–Crippen MR) is 207 cm³/mol. The van der Waals surface area contributed by atoms with E-state index < -0.39 is 11.9 Å². The minimum Gasteiger partial charge on any atom is -0.481 e. The van der Waals surface area contributed by atoms with E-state index in [0.717, 1.165) is 51.4 Å². The van der Waals surface area contributed by atoms with Gasteiger partial charge in [0, 0.05) is 26.1 Å². The molecule has 0 atom stereocenters. The number of aliphatic hydroxyl groups excluding tert-OH is 2. The van der Waals surface area contributed by atoms with E-state index in [4.69, 9.17) is 20.4 Å². The molecule has 0 aromatic rings. The molecule has 0 saturated heterocycles. The van der Waals surface area contributed by atoms with E-state index in [9.17, 15) is 9.59 Å². The Hall–Kier alpha value is -1.14. The van der Waals surface area contributed by atoms with Gasteiger partial charge in [-0.15, -0.1) is 0 Å². The smallest absolute Gasteiger partial charge is 0.303 e. The Bertz CT molecular complexity index is 532. The molecule has 0 unspecified atom stereocenters. The summed E-state index contributed by atoms with van der Waals surface area (Å²) in [5, 5.41) is 33.6. The van der Waals surface area contributed by atoms with Crippen molar-refractivity contribution in [3.63, 3.8) is 0 Å². The Morgan fingerprint density at radius 1 is 0.292 bits per heavy atom. The highest BCUT2D eigenvalue weighted by molar-refractivity contribution is 5.66. The van der Waals surface area contributed by atoms with Gasteiger partial charge in [0.15, 0.2) is 0 Å². The maximum absolute atomic E-state index is 10.3. The predicted octanol–water partition coefficient (Wildman–Crippen LogP) is 13.2. The molecule has 0 saturated carbocycles. The second-order valence-corrected chi connectivity index (χ2v) is 14.0. The number of unbranched alkanes of at least 4 members (excludes halogenated alkanes) is 31. The minimum absolute atomic E-state index is 0.283. The van der Waals surface area contributed by atoms with Crippen LogP contribution in [0, 0.1) is 0 Å². The van der Waals surface area contributed by atoms with Crippen molar-refractivity contribution >= 4 is 11.9 Å². The molecular weight excluding hydrogens is 600 g/mol. The van der Waals surface area contributed by atoms with Crippen LogP contribution in [0.3, 0.4) is 0 Å². The molecule has 6 heteroatoms. The van der Waals surface area contributed by atoms with E-state index in [1.807, 2.05) is 0 Å². The first kappa shape index (κ1) is 51.2. The molecule has 0 amide bonds. The lowest BCUT2D eigenvalue weighted by Gasteiger charge is -2.03. The number of hydrogen-bond acceptors (Lipinski definition) is 4. The number of aliphatic hydroxyl groups is 2. The monoisotopic (exact) mass is 687 g/mol. The summed E-state index contributed by atoms with van der Waals surface area (Å²) < 4.78 is 0. The molecule has 0 fully saturated rings. The largest absolute Gasteiger partial charge is 0.481 e. The van der Waals surface area contributed by atoms with Gasteiger partial charge in [-0.25, -0.2) is 0 Å². The van der Waals surface area contributed by atoms with Gasteiger partial charge in [0.2, 0.25) is 0 Å². The van der Waals surface area contributed by atoms with Crippen LogP contribution in [0.1, 0.15) is 245 Å². The highest BCUT2D eigenvalue weighted by atomic mass is 16.4. The average Bonchev–Trinajstić information content (AvgIpc) is 3.07. The van der Waals surface area contributed by atoms with Gasteiger partial charge in [0.25, 0.3) is 0 Å². The van der Waals surface area contributed by atoms with Crippen molar-refractivity contribution < 1.29 is 30.0 Å². The van der Waals surface area contributed by atoms with Crippen LogP contribution in [0.2, 0.25) is 0 Å². The molecule has 0 aromatic carbocycles. The quantitative estimate of drug-likeness (QED) is 0.0483. The van der Waals surface area contributed by atoms with E-state index in [0.29, 0.717) is 12.8 Å². The fourth-order valence-corrected chi connectivity index (χ4v) is 5.87. The lowest BCUT2D eigenvalue weighted by molar-refractivity contribution is -0.138. The van der Waals surface area contributed by atoms with Crippen LogP contribution in [0.15, 0.2) is 0 Å². The van der Waals surface area contributed by atoms with Gasteiger partial charge in [-0.3, -0.25) is 9.59 Å². The van der Waals surface area contributed by atoms with Crippen LogP contribution in [0.4, 0.5) is 0 Å². The molecule has 6 nitrogen and oxygen atoms in total. The van der Waals surface area contributed by atoms with Gasteiger partial charge in [0.05, 0.1) is 0 Å². The number of carboxylic acid groups (broad SMARTS) is 2. The SMILES string of the molecule is CCCCCCCCCCCCCCCCCC(=O)O.CCCCCCCCCCCCCCCCCC(=O)O.OCCCCCCO. The zero-order valence-electron chi connectivity index (χ0n) is 32.5. The summed E-state index contributed by atoms with van der Waals surface area (Å²) in [4.78, 5) is 20.7. The summed E-state index contributed by atoms with van der Waals surface area (Å²) in [7, 11) is 0. The highest BCUT2D eigenvalue weighted by Crippen LogP contribution is 2.15. The van der Waals surface area contributed by atoms with Gasteiger partial charge >= 0.3 is 11.9 Å². The molecule has 4 N–H and O–H groups in total. The summed E-state index contributed by atoms with van der Waals surface area (Å²) in [5.41, 5.74) is 0. The van der Waals surface area contributed by atoms with Gasteiger partial charge in [-0.05, 0) is 25.7 Å². The second kappa shape index (κ2) is 50.2. The van der Waals surface area contributed by atoms with Crippen LogP contribution in [0.25, 0.3) is 0 Å². The van der Waals surface area contributed by atoms with E-state index in [1.165, 1.54) is 167 Å². The molecule has 0 bridgehead atoms. The number of aliphatic carboxylic acids is 2. The van der Waals surface area contributed by atoms with Crippen LogP contribution in [-0.2, 0) is 9.59 Å². The summed E-state index contributed by atoms with van der Waals surface area (Å²) in [6.07, 6.45) is 44.2. The van der Waals surface area contributed by atoms with Crippen molar-refractivity contribution in [3.8, 4) is 0 Å². The number of rotatable bonds is 37.